The van der Waals surface area contributed by atoms with E-state index in [-0.39, 0.29) is 18.6 Å². The van der Waals surface area contributed by atoms with Crippen LogP contribution in [0.5, 0.6) is 11.5 Å². The van der Waals surface area contributed by atoms with Gasteiger partial charge in [-0.25, -0.2) is 9.97 Å². The van der Waals surface area contributed by atoms with Crippen molar-refractivity contribution in [1.82, 2.24) is 14.9 Å². The van der Waals surface area contributed by atoms with E-state index in [9.17, 15) is 4.79 Å². The molecule has 0 bridgehead atoms. The van der Waals surface area contributed by atoms with Crippen LogP contribution < -0.4 is 15.2 Å². The molecule has 2 N–H and O–H groups in total. The maximum Gasteiger partial charge on any atom is 0.260 e. The van der Waals surface area contributed by atoms with Gasteiger partial charge < -0.3 is 24.8 Å². The maximum absolute atomic E-state index is 12.8. The number of carbonyl (C=O) groups excluding carboxylic acids is 1. The number of benzene rings is 1. The summed E-state index contributed by atoms with van der Waals surface area (Å²) in [6, 6.07) is 15.0. The van der Waals surface area contributed by atoms with Crippen LogP contribution in [-0.4, -0.2) is 54.2 Å². The molecule has 0 spiro atoms. The molecule has 1 amide bonds. The van der Waals surface area contributed by atoms with Gasteiger partial charge in [0.25, 0.3) is 5.91 Å². The first-order chi connectivity index (χ1) is 15.5. The van der Waals surface area contributed by atoms with Crippen LogP contribution in [0.25, 0.3) is 11.3 Å². The number of methoxy groups -OCH3 is 1. The van der Waals surface area contributed by atoms with Crippen molar-refractivity contribution < 1.29 is 19.0 Å². The van der Waals surface area contributed by atoms with Crippen molar-refractivity contribution in [1.29, 1.82) is 0 Å². The topological polar surface area (TPSA) is 99.8 Å². The number of pyridine rings is 2. The molecule has 8 nitrogen and oxygen atoms in total. The molecule has 1 aliphatic rings. The van der Waals surface area contributed by atoms with E-state index in [0.29, 0.717) is 37.0 Å². The number of nitrogens with two attached hydrogens (primary N) is 1. The summed E-state index contributed by atoms with van der Waals surface area (Å²) < 4.78 is 17.0. The Morgan fingerprint density at radius 2 is 2.09 bits per heavy atom. The Balaban J connectivity index is 1.41. The van der Waals surface area contributed by atoms with Gasteiger partial charge in [-0.05, 0) is 48.9 Å². The fraction of sp³-hybridized carbons (Fsp3) is 0.292. The molecular formula is C24H26N4O4. The molecule has 2 aromatic heterocycles. The highest BCUT2D eigenvalue weighted by Crippen LogP contribution is 2.28. The number of aromatic nitrogens is 2. The molecule has 8 heteroatoms. The fourth-order valence-corrected chi connectivity index (χ4v) is 3.53. The lowest BCUT2D eigenvalue weighted by Gasteiger charge is -2.32. The highest BCUT2D eigenvalue weighted by Gasteiger charge is 2.27. The summed E-state index contributed by atoms with van der Waals surface area (Å²) in [6.45, 7) is 3.24. The van der Waals surface area contributed by atoms with Crippen LogP contribution in [0.3, 0.4) is 0 Å². The first kappa shape index (κ1) is 21.6. The molecule has 0 radical (unpaired) electrons. The van der Waals surface area contributed by atoms with E-state index in [1.54, 1.807) is 24.3 Å². The number of anilines is 1. The third-order valence-corrected chi connectivity index (χ3v) is 5.27. The van der Waals surface area contributed by atoms with Gasteiger partial charge in [-0.3, -0.25) is 4.79 Å². The van der Waals surface area contributed by atoms with Gasteiger partial charge in [0, 0.05) is 18.3 Å². The molecule has 1 unspecified atom stereocenters. The maximum atomic E-state index is 12.8. The van der Waals surface area contributed by atoms with E-state index in [1.807, 2.05) is 49.4 Å². The van der Waals surface area contributed by atoms with Crippen molar-refractivity contribution in [3.63, 3.8) is 0 Å². The molecule has 3 heterocycles. The summed E-state index contributed by atoms with van der Waals surface area (Å²) in [6.07, 6.45) is 1.37. The van der Waals surface area contributed by atoms with Crippen LogP contribution in [0.2, 0.25) is 0 Å². The number of nitrogen functional groups attached to an aromatic ring is 1. The fourth-order valence-electron chi connectivity index (χ4n) is 3.53. The minimum Gasteiger partial charge on any atom is -0.493 e. The average Bonchev–Trinajstić information content (AvgIpc) is 2.83. The number of ether oxygens (including phenoxy) is 3. The van der Waals surface area contributed by atoms with E-state index >= 15 is 0 Å². The lowest BCUT2D eigenvalue weighted by atomic mass is 10.1. The standard InChI is InChI=1S/C24H26N4O4/c1-16-6-8-20(21(12-16)30-2)32-15-24(29)28-10-11-31-22(14-28)19-5-3-4-18(27-19)17-7-9-23(25)26-13-17/h3-9,12-13,22H,10-11,14-15H2,1-2H3,(H2,25,26). The second kappa shape index (κ2) is 9.65. The molecule has 1 aliphatic heterocycles. The van der Waals surface area contributed by atoms with Crippen molar-refractivity contribution >= 4 is 11.7 Å². The van der Waals surface area contributed by atoms with Crippen molar-refractivity contribution in [3.05, 3.63) is 66.0 Å². The first-order valence-electron chi connectivity index (χ1n) is 10.4. The van der Waals surface area contributed by atoms with E-state index in [2.05, 4.69) is 4.98 Å². The third kappa shape index (κ3) is 4.97. The summed E-state index contributed by atoms with van der Waals surface area (Å²) in [5.74, 6) is 1.50. The van der Waals surface area contributed by atoms with Crippen LogP contribution >= 0.6 is 0 Å². The van der Waals surface area contributed by atoms with Crippen LogP contribution in [0, 0.1) is 6.92 Å². The van der Waals surface area contributed by atoms with Gasteiger partial charge in [-0.15, -0.1) is 0 Å². The lowest BCUT2D eigenvalue weighted by Crippen LogP contribution is -2.44. The van der Waals surface area contributed by atoms with Gasteiger partial charge in [0.1, 0.15) is 11.9 Å². The van der Waals surface area contributed by atoms with E-state index in [0.717, 1.165) is 22.5 Å². The van der Waals surface area contributed by atoms with Gasteiger partial charge >= 0.3 is 0 Å². The molecular weight excluding hydrogens is 408 g/mol. The minimum atomic E-state index is -0.316. The zero-order valence-corrected chi connectivity index (χ0v) is 18.2. The summed E-state index contributed by atoms with van der Waals surface area (Å²) in [5, 5.41) is 0. The molecule has 1 aromatic carbocycles. The van der Waals surface area contributed by atoms with Crippen molar-refractivity contribution in [2.45, 2.75) is 13.0 Å². The molecule has 1 fully saturated rings. The van der Waals surface area contributed by atoms with Gasteiger partial charge in [-0.1, -0.05) is 12.1 Å². The number of aryl methyl sites for hydroxylation is 1. The highest BCUT2D eigenvalue weighted by atomic mass is 16.5. The zero-order chi connectivity index (χ0) is 22.5. The Labute approximate surface area is 187 Å². The molecule has 1 saturated heterocycles. The Bertz CT molecular complexity index is 1090. The molecule has 166 valence electrons. The lowest BCUT2D eigenvalue weighted by molar-refractivity contribution is -0.141. The summed E-state index contributed by atoms with van der Waals surface area (Å²) in [4.78, 5) is 23.4. The Hall–Kier alpha value is -3.65. The number of nitrogens with zero attached hydrogens (tertiary/aromatic N) is 3. The normalized spacial score (nSPS) is 15.9. The number of hydrogen-bond acceptors (Lipinski definition) is 7. The van der Waals surface area contributed by atoms with E-state index in [1.165, 1.54) is 0 Å². The number of amides is 1. The monoisotopic (exact) mass is 434 g/mol. The summed E-state index contributed by atoms with van der Waals surface area (Å²) in [7, 11) is 1.58. The predicted molar refractivity (Wildman–Crippen MR) is 120 cm³/mol. The minimum absolute atomic E-state index is 0.0727. The SMILES string of the molecule is COc1cc(C)ccc1OCC(=O)N1CCOC(c2cccc(-c3ccc(N)nc3)n2)C1. The third-order valence-electron chi connectivity index (χ3n) is 5.27. The van der Waals surface area contributed by atoms with Crippen molar-refractivity contribution in [2.75, 3.05) is 39.1 Å². The zero-order valence-electron chi connectivity index (χ0n) is 18.2. The Morgan fingerprint density at radius 1 is 1.22 bits per heavy atom. The largest absolute Gasteiger partial charge is 0.493 e. The highest BCUT2D eigenvalue weighted by molar-refractivity contribution is 5.78. The van der Waals surface area contributed by atoms with Crippen molar-refractivity contribution in [3.8, 4) is 22.8 Å². The molecule has 0 aliphatic carbocycles. The average molecular weight is 434 g/mol. The van der Waals surface area contributed by atoms with Gasteiger partial charge in [0.15, 0.2) is 18.1 Å². The first-order valence-corrected chi connectivity index (χ1v) is 10.4. The summed E-state index contributed by atoms with van der Waals surface area (Å²) >= 11 is 0. The van der Waals surface area contributed by atoms with E-state index < -0.39 is 0 Å². The second-order valence-electron chi connectivity index (χ2n) is 7.56. The van der Waals surface area contributed by atoms with Crippen LogP contribution in [0.1, 0.15) is 17.4 Å². The number of hydrogen-bond donors (Lipinski definition) is 1. The predicted octanol–water partition coefficient (Wildman–Crippen LogP) is 3.02. The molecule has 3 aromatic rings. The summed E-state index contributed by atoms with van der Waals surface area (Å²) in [5.41, 5.74) is 9.13. The Morgan fingerprint density at radius 3 is 2.88 bits per heavy atom. The van der Waals surface area contributed by atoms with Crippen LogP contribution in [-0.2, 0) is 9.53 Å². The van der Waals surface area contributed by atoms with E-state index in [4.69, 9.17) is 24.9 Å². The molecule has 32 heavy (non-hydrogen) atoms. The molecule has 4 rings (SSSR count). The van der Waals surface area contributed by atoms with Gasteiger partial charge in [-0.2, -0.15) is 0 Å². The number of rotatable bonds is 6. The van der Waals surface area contributed by atoms with Gasteiger partial charge in [0.2, 0.25) is 0 Å². The van der Waals surface area contributed by atoms with Crippen LogP contribution in [0.15, 0.2) is 54.7 Å². The number of carbonyl (C=O) groups is 1. The van der Waals surface area contributed by atoms with Crippen LogP contribution in [0.4, 0.5) is 5.82 Å². The van der Waals surface area contributed by atoms with Gasteiger partial charge in [0.05, 0.1) is 31.6 Å². The molecule has 0 saturated carbocycles. The second-order valence-corrected chi connectivity index (χ2v) is 7.56. The molecule has 1 atom stereocenters. The number of morpholine rings is 1. The Kier molecular flexibility index (Phi) is 6.51. The van der Waals surface area contributed by atoms with Crippen molar-refractivity contribution in [2.24, 2.45) is 0 Å². The smallest absolute Gasteiger partial charge is 0.260 e. The quantitative estimate of drug-likeness (QED) is 0.636.